The first-order valence-electron chi connectivity index (χ1n) is 6.45. The van der Waals surface area contributed by atoms with Crippen LogP contribution in [0.2, 0.25) is 10.2 Å². The van der Waals surface area contributed by atoms with E-state index in [0.717, 1.165) is 0 Å². The minimum absolute atomic E-state index is 0.0205. The largest absolute Gasteiger partial charge is 0.316 e. The molecule has 11 heteroatoms. The van der Waals surface area contributed by atoms with E-state index in [1.807, 2.05) is 0 Å². The van der Waals surface area contributed by atoms with Crippen LogP contribution in [0.3, 0.4) is 0 Å². The van der Waals surface area contributed by atoms with Crippen molar-refractivity contribution in [3.63, 3.8) is 0 Å². The fraction of sp³-hybridized carbons (Fsp3) is 0.250. The number of carbonyl (C=O) groups excluding carboxylic acids is 1. The second-order valence-corrected chi connectivity index (χ2v) is 6.01. The van der Waals surface area contributed by atoms with Crippen LogP contribution in [0, 0.1) is 0 Å². The fourth-order valence-corrected chi connectivity index (χ4v) is 3.00. The van der Waals surface area contributed by atoms with Crippen LogP contribution in [0.15, 0.2) is 10.9 Å². The highest BCUT2D eigenvalue weighted by Gasteiger charge is 2.52. The first-order valence-corrected chi connectivity index (χ1v) is 6.83. The zero-order valence-corrected chi connectivity index (χ0v) is 12.9. The number of rotatable bonds is 1. The predicted molar refractivity (Wildman–Crippen MR) is 101 cm³/mol. The van der Waals surface area contributed by atoms with Gasteiger partial charge in [0.15, 0.2) is 5.78 Å². The van der Waals surface area contributed by atoms with Crippen LogP contribution in [-0.4, -0.2) is 68.6 Å². The Hall–Kier alpha value is -0.601. The first kappa shape index (κ1) is 18.7. The maximum Gasteiger partial charge on any atom is 0.171 e. The zero-order valence-electron chi connectivity index (χ0n) is 12.2. The van der Waals surface area contributed by atoms with Crippen molar-refractivity contribution in [2.75, 3.05) is 0 Å². The molecule has 1 aliphatic rings. The number of benzene rings is 1. The molecule has 2 rings (SSSR count). The average molecular weight is 300 g/mol. The van der Waals surface area contributed by atoms with Gasteiger partial charge in [-0.05, 0) is 12.0 Å². The first-order chi connectivity index (χ1) is 10.4. The summed E-state index contributed by atoms with van der Waals surface area (Å²) in [7, 11) is 46.8. The Morgan fingerprint density at radius 1 is 0.913 bits per heavy atom. The van der Waals surface area contributed by atoms with Crippen molar-refractivity contribution in [3.8, 4) is 0 Å². The maximum atomic E-state index is 12.7. The van der Waals surface area contributed by atoms with E-state index in [4.69, 9.17) is 80.1 Å². The molecule has 2 nitrogen and oxygen atoms in total. The molecule has 0 aliphatic heterocycles. The van der Waals surface area contributed by atoms with Gasteiger partial charge in [0.25, 0.3) is 0 Å². The van der Waals surface area contributed by atoms with Crippen LogP contribution in [0.1, 0.15) is 12.0 Å². The molecule has 1 unspecified atom stereocenters. The van der Waals surface area contributed by atoms with Crippen LogP contribution < -0.4 is 27.6 Å². The normalized spacial score (nSPS) is 24.0. The van der Waals surface area contributed by atoms with Gasteiger partial charge in [0.2, 0.25) is 0 Å². The number of halogens is 1. The molecule has 0 saturated heterocycles. The van der Waals surface area contributed by atoms with Crippen molar-refractivity contribution in [2.24, 2.45) is 5.73 Å². The van der Waals surface area contributed by atoms with E-state index >= 15 is 0 Å². The summed E-state index contributed by atoms with van der Waals surface area (Å²) in [6.45, 7) is 0. The van der Waals surface area contributed by atoms with Gasteiger partial charge in [-0.1, -0.05) is 33.2 Å². The number of nitrogens with two attached hydrogens (primary N) is 1. The van der Waals surface area contributed by atoms with Crippen molar-refractivity contribution in [1.29, 1.82) is 0 Å². The Kier molecular flexibility index (Phi) is 4.67. The lowest BCUT2D eigenvalue weighted by Gasteiger charge is -2.50. The summed E-state index contributed by atoms with van der Waals surface area (Å²) in [5.74, 6) is -0.830. The van der Waals surface area contributed by atoms with Crippen LogP contribution in [0.5, 0.6) is 0 Å². The monoisotopic (exact) mass is 301 g/mol. The summed E-state index contributed by atoms with van der Waals surface area (Å²) in [6, 6.07) is 0. The van der Waals surface area contributed by atoms with E-state index in [1.54, 1.807) is 0 Å². The quantitative estimate of drug-likeness (QED) is 0.533. The summed E-state index contributed by atoms with van der Waals surface area (Å²) in [5.41, 5.74) is 3.42. The molecule has 0 saturated carbocycles. The Bertz CT molecular complexity index is 733. The zero-order chi connectivity index (χ0) is 17.9. The third-order valence-electron chi connectivity index (χ3n) is 4.16. The summed E-state index contributed by atoms with van der Waals surface area (Å²) in [5, 5.41) is -2.00. The lowest BCUT2D eigenvalue weighted by molar-refractivity contribution is -0.121. The van der Waals surface area contributed by atoms with E-state index in [2.05, 4.69) is 0 Å². The molecule has 2 N–H and O–H groups in total. The van der Waals surface area contributed by atoms with Crippen molar-refractivity contribution >= 4 is 102 Å². The van der Waals surface area contributed by atoms with Gasteiger partial charge in [-0.15, -0.1) is 16.4 Å². The number of ketones is 1. The smallest absolute Gasteiger partial charge is 0.171 e. The van der Waals surface area contributed by atoms with Gasteiger partial charge < -0.3 is 5.73 Å². The molecule has 0 bridgehead atoms. The van der Waals surface area contributed by atoms with Crippen LogP contribution in [-0.2, 0) is 10.3 Å². The molecule has 1 aromatic carbocycles. The third-order valence-corrected chi connectivity index (χ3v) is 4.55. The van der Waals surface area contributed by atoms with Gasteiger partial charge in [0, 0.05) is 5.02 Å². The van der Waals surface area contributed by atoms with Gasteiger partial charge in [0.1, 0.15) is 47.1 Å². The Morgan fingerprint density at radius 2 is 1.39 bits per heavy atom. The SMILES string of the molecule is [B]C1=C([B])C(=O)C(N)(c2c([B])c([B])c([B])c([B])c2Cl)C([B])([B])C1. The molecule has 0 aromatic heterocycles. The molecule has 0 amide bonds. The number of hydrogen-bond acceptors (Lipinski definition) is 2. The highest BCUT2D eigenvalue weighted by molar-refractivity contribution is 6.66. The van der Waals surface area contributed by atoms with Gasteiger partial charge in [-0.25, -0.2) is 0 Å². The number of allylic oxidation sites excluding steroid dienone is 1. The second kappa shape index (κ2) is 5.74. The lowest BCUT2D eigenvalue weighted by Crippen LogP contribution is -2.63. The molecule has 0 spiro atoms. The Labute approximate surface area is 151 Å². The number of carbonyl (C=O) groups is 1. The minimum atomic E-state index is -2.09. The standard InChI is InChI=1S/C12H4B8ClNO/c13-2-1-11(19,20)12(22,10(23)4(2)14)3-5(15)6(16)7(17)8(18)9(3)21/h1,22H2. The molecule has 16 radical (unpaired) electrons. The molecule has 23 heavy (non-hydrogen) atoms. The molecule has 1 atom stereocenters. The molecular formula is C12H4B8ClNO. The Morgan fingerprint density at radius 3 is 1.91 bits per heavy atom. The summed E-state index contributed by atoms with van der Waals surface area (Å²) in [4.78, 5) is 12.7. The number of hydrogen-bond donors (Lipinski definition) is 1. The van der Waals surface area contributed by atoms with Gasteiger partial charge >= 0.3 is 0 Å². The second-order valence-electron chi connectivity index (χ2n) is 5.64. The summed E-state index contributed by atoms with van der Waals surface area (Å²) < 4.78 is 0. The van der Waals surface area contributed by atoms with Crippen LogP contribution in [0.4, 0.5) is 0 Å². The number of Topliss-reactive ketones (excluding diaryl/α,β-unsaturated/α-hetero) is 1. The average Bonchev–Trinajstić information content (AvgIpc) is 2.47. The van der Waals surface area contributed by atoms with Gasteiger partial charge in [-0.2, -0.15) is 0 Å². The van der Waals surface area contributed by atoms with Crippen LogP contribution in [0.25, 0.3) is 0 Å². The maximum absolute atomic E-state index is 12.7. The van der Waals surface area contributed by atoms with E-state index in [0.29, 0.717) is 0 Å². The lowest BCUT2D eigenvalue weighted by atomic mass is 9.36. The third kappa shape index (κ3) is 2.44. The van der Waals surface area contributed by atoms with E-state index < -0.39 is 16.5 Å². The van der Waals surface area contributed by atoms with Crippen molar-refractivity contribution in [2.45, 2.75) is 17.2 Å². The summed E-state index contributed by atoms with van der Waals surface area (Å²) >= 11 is 6.20. The molecule has 0 heterocycles. The van der Waals surface area contributed by atoms with Gasteiger partial charge in [-0.3, -0.25) is 4.79 Å². The topological polar surface area (TPSA) is 43.1 Å². The molecule has 1 aliphatic carbocycles. The van der Waals surface area contributed by atoms with Crippen LogP contribution >= 0.6 is 11.6 Å². The van der Waals surface area contributed by atoms with E-state index in [1.165, 1.54) is 0 Å². The van der Waals surface area contributed by atoms with E-state index in [-0.39, 0.29) is 49.8 Å². The van der Waals surface area contributed by atoms with E-state index in [9.17, 15) is 4.79 Å². The van der Waals surface area contributed by atoms with Gasteiger partial charge in [0.05, 0.1) is 21.2 Å². The minimum Gasteiger partial charge on any atom is -0.316 e. The highest BCUT2D eigenvalue weighted by atomic mass is 35.5. The molecule has 1 aromatic rings. The molecule has 94 valence electrons. The predicted octanol–water partition coefficient (Wildman–Crippen LogP) is -4.36. The summed E-state index contributed by atoms with van der Waals surface area (Å²) in [6.07, 6.45) is -0.166. The molecule has 0 fully saturated rings. The highest BCUT2D eigenvalue weighted by Crippen LogP contribution is 2.49. The Balaban J connectivity index is 2.92. The molecular weight excluding hydrogens is 296 g/mol. The van der Waals surface area contributed by atoms with Crippen molar-refractivity contribution < 1.29 is 4.79 Å². The van der Waals surface area contributed by atoms with Crippen molar-refractivity contribution in [3.05, 3.63) is 21.5 Å². The van der Waals surface area contributed by atoms with Crippen molar-refractivity contribution in [1.82, 2.24) is 0 Å². The fourth-order valence-electron chi connectivity index (χ4n) is 2.65.